The average molecular weight is 295 g/mol. The molecule has 104 valence electrons. The Morgan fingerprint density at radius 1 is 1.37 bits per heavy atom. The summed E-state index contributed by atoms with van der Waals surface area (Å²) in [5, 5.41) is 0. The molecule has 0 spiro atoms. The van der Waals surface area contributed by atoms with Crippen molar-refractivity contribution in [2.24, 2.45) is 5.73 Å². The first-order valence-electron chi connectivity index (χ1n) is 6.39. The van der Waals surface area contributed by atoms with E-state index in [1.807, 2.05) is 16.8 Å². The summed E-state index contributed by atoms with van der Waals surface area (Å²) in [6.45, 7) is 7.96. The number of nitrogens with zero attached hydrogens (tertiary/aromatic N) is 2. The molecule has 0 bridgehead atoms. The van der Waals surface area contributed by atoms with Crippen molar-refractivity contribution in [3.05, 3.63) is 37.5 Å². The van der Waals surface area contributed by atoms with Gasteiger partial charge in [-0.2, -0.15) is 0 Å². The number of hydrogen-bond acceptors (Lipinski definition) is 5. The van der Waals surface area contributed by atoms with E-state index in [1.165, 1.54) is 20.2 Å². The summed E-state index contributed by atoms with van der Waals surface area (Å²) in [4.78, 5) is 10.7. The molecule has 2 aromatic heterocycles. The standard InChI is InChI=1S/C14H21N3S2/c1-9-5-12(11(3)19-9)13(6-15)17(4)7-14-10(2)16-8-18-14/h5,8,13H,6-7,15H2,1-4H3. The van der Waals surface area contributed by atoms with Crippen LogP contribution in [0.15, 0.2) is 11.6 Å². The molecule has 2 N–H and O–H groups in total. The molecular formula is C14H21N3S2. The Morgan fingerprint density at radius 3 is 2.58 bits per heavy atom. The van der Waals surface area contributed by atoms with Gasteiger partial charge in [-0.3, -0.25) is 4.90 Å². The third-order valence-corrected chi connectivity index (χ3v) is 5.33. The number of hydrogen-bond donors (Lipinski definition) is 1. The number of thiazole rings is 1. The van der Waals surface area contributed by atoms with Crippen molar-refractivity contribution in [3.8, 4) is 0 Å². The maximum absolute atomic E-state index is 6.00. The van der Waals surface area contributed by atoms with Gasteiger partial charge in [0.25, 0.3) is 0 Å². The first-order chi connectivity index (χ1) is 9.02. The van der Waals surface area contributed by atoms with E-state index in [-0.39, 0.29) is 6.04 Å². The fourth-order valence-corrected chi connectivity index (χ4v) is 4.16. The molecule has 0 amide bonds. The van der Waals surface area contributed by atoms with E-state index in [0.29, 0.717) is 6.54 Å². The van der Waals surface area contributed by atoms with Crippen molar-refractivity contribution >= 4 is 22.7 Å². The number of likely N-dealkylation sites (N-methyl/N-ethyl adjacent to an activating group) is 1. The van der Waals surface area contributed by atoms with Gasteiger partial charge < -0.3 is 5.73 Å². The second kappa shape index (κ2) is 6.13. The van der Waals surface area contributed by atoms with Gasteiger partial charge in [0.05, 0.1) is 11.2 Å². The zero-order chi connectivity index (χ0) is 14.0. The molecule has 0 aromatic carbocycles. The lowest BCUT2D eigenvalue weighted by Gasteiger charge is -2.27. The summed E-state index contributed by atoms with van der Waals surface area (Å²) in [6.07, 6.45) is 0. The molecule has 0 saturated carbocycles. The Morgan fingerprint density at radius 2 is 2.11 bits per heavy atom. The molecule has 1 unspecified atom stereocenters. The third-order valence-electron chi connectivity index (χ3n) is 3.43. The number of aryl methyl sites for hydroxylation is 3. The Hall–Kier alpha value is -0.750. The van der Waals surface area contributed by atoms with E-state index in [1.54, 1.807) is 11.3 Å². The largest absolute Gasteiger partial charge is 0.329 e. The Balaban J connectivity index is 2.18. The Kier molecular flexibility index (Phi) is 4.73. The van der Waals surface area contributed by atoms with Crippen LogP contribution >= 0.6 is 22.7 Å². The topological polar surface area (TPSA) is 42.1 Å². The van der Waals surface area contributed by atoms with E-state index in [2.05, 4.69) is 43.8 Å². The van der Waals surface area contributed by atoms with Crippen molar-refractivity contribution < 1.29 is 0 Å². The van der Waals surface area contributed by atoms with Gasteiger partial charge in [-0.25, -0.2) is 4.98 Å². The average Bonchev–Trinajstić information content (AvgIpc) is 2.88. The van der Waals surface area contributed by atoms with E-state index in [4.69, 9.17) is 5.73 Å². The predicted octanol–water partition coefficient (Wildman–Crippen LogP) is 3.26. The SMILES string of the molecule is Cc1cc(C(CN)N(C)Cc2scnc2C)c(C)s1. The highest BCUT2D eigenvalue weighted by Gasteiger charge is 2.20. The van der Waals surface area contributed by atoms with Crippen molar-refractivity contribution in [3.63, 3.8) is 0 Å². The van der Waals surface area contributed by atoms with E-state index < -0.39 is 0 Å². The van der Waals surface area contributed by atoms with Crippen LogP contribution in [0.25, 0.3) is 0 Å². The monoisotopic (exact) mass is 295 g/mol. The lowest BCUT2D eigenvalue weighted by molar-refractivity contribution is 0.243. The highest BCUT2D eigenvalue weighted by Crippen LogP contribution is 2.30. The molecule has 0 saturated heterocycles. The summed E-state index contributed by atoms with van der Waals surface area (Å²) >= 11 is 3.57. The highest BCUT2D eigenvalue weighted by atomic mass is 32.1. The van der Waals surface area contributed by atoms with Crippen molar-refractivity contribution in [1.29, 1.82) is 0 Å². The maximum Gasteiger partial charge on any atom is 0.0798 e. The molecule has 2 heterocycles. The van der Waals surface area contributed by atoms with Gasteiger partial charge in [0, 0.05) is 33.8 Å². The zero-order valence-electron chi connectivity index (χ0n) is 11.9. The van der Waals surface area contributed by atoms with Crippen LogP contribution in [0.3, 0.4) is 0 Å². The van der Waals surface area contributed by atoms with E-state index in [9.17, 15) is 0 Å². The minimum absolute atomic E-state index is 0.284. The minimum atomic E-state index is 0.284. The second-order valence-corrected chi connectivity index (χ2v) is 7.30. The van der Waals surface area contributed by atoms with Gasteiger partial charge in [-0.1, -0.05) is 0 Å². The van der Waals surface area contributed by atoms with Gasteiger partial charge in [0.2, 0.25) is 0 Å². The molecule has 0 aliphatic heterocycles. The van der Waals surface area contributed by atoms with E-state index in [0.717, 1.165) is 12.2 Å². The fourth-order valence-electron chi connectivity index (χ4n) is 2.34. The summed E-state index contributed by atoms with van der Waals surface area (Å²) in [5.74, 6) is 0. The summed E-state index contributed by atoms with van der Waals surface area (Å²) in [6, 6.07) is 2.56. The summed E-state index contributed by atoms with van der Waals surface area (Å²) < 4.78 is 0. The molecule has 0 aliphatic rings. The van der Waals surface area contributed by atoms with Crippen molar-refractivity contribution in [2.75, 3.05) is 13.6 Å². The van der Waals surface area contributed by atoms with Gasteiger partial charge >= 0.3 is 0 Å². The first kappa shape index (κ1) is 14.7. The van der Waals surface area contributed by atoms with Crippen LogP contribution in [-0.4, -0.2) is 23.5 Å². The quantitative estimate of drug-likeness (QED) is 0.920. The van der Waals surface area contributed by atoms with Crippen LogP contribution in [0.5, 0.6) is 0 Å². The highest BCUT2D eigenvalue weighted by molar-refractivity contribution is 7.12. The molecule has 5 heteroatoms. The van der Waals surface area contributed by atoms with Crippen molar-refractivity contribution in [1.82, 2.24) is 9.88 Å². The van der Waals surface area contributed by atoms with E-state index >= 15 is 0 Å². The molecule has 2 aromatic rings. The van der Waals surface area contributed by atoms with Crippen LogP contribution in [0.2, 0.25) is 0 Å². The first-order valence-corrected chi connectivity index (χ1v) is 8.08. The normalized spacial score (nSPS) is 13.2. The molecule has 0 radical (unpaired) electrons. The molecular weight excluding hydrogens is 274 g/mol. The van der Waals surface area contributed by atoms with Gasteiger partial charge in [0.15, 0.2) is 0 Å². The lowest BCUT2D eigenvalue weighted by Crippen LogP contribution is -2.30. The smallest absolute Gasteiger partial charge is 0.0798 e. The van der Waals surface area contributed by atoms with Crippen LogP contribution in [0.4, 0.5) is 0 Å². The molecule has 3 nitrogen and oxygen atoms in total. The van der Waals surface area contributed by atoms with Gasteiger partial charge in [-0.15, -0.1) is 22.7 Å². The lowest BCUT2D eigenvalue weighted by atomic mass is 10.1. The summed E-state index contributed by atoms with van der Waals surface area (Å²) in [5.41, 5.74) is 10.4. The van der Waals surface area contributed by atoms with Crippen LogP contribution in [0.1, 0.15) is 31.9 Å². The van der Waals surface area contributed by atoms with Crippen LogP contribution < -0.4 is 5.73 Å². The molecule has 19 heavy (non-hydrogen) atoms. The Bertz CT molecular complexity index is 545. The number of aromatic nitrogens is 1. The fraction of sp³-hybridized carbons (Fsp3) is 0.500. The third kappa shape index (κ3) is 3.23. The molecule has 0 fully saturated rings. The van der Waals surface area contributed by atoms with Gasteiger partial charge in [-0.05, 0) is 39.4 Å². The number of nitrogens with two attached hydrogens (primary N) is 1. The van der Waals surface area contributed by atoms with Crippen LogP contribution in [0, 0.1) is 20.8 Å². The molecule has 1 atom stereocenters. The zero-order valence-corrected chi connectivity index (χ0v) is 13.6. The maximum atomic E-state index is 6.00. The van der Waals surface area contributed by atoms with Gasteiger partial charge in [0.1, 0.15) is 0 Å². The summed E-state index contributed by atoms with van der Waals surface area (Å²) in [7, 11) is 2.14. The number of rotatable bonds is 5. The Labute approximate surface area is 123 Å². The van der Waals surface area contributed by atoms with Crippen molar-refractivity contribution in [2.45, 2.75) is 33.4 Å². The van der Waals surface area contributed by atoms with Crippen LogP contribution in [-0.2, 0) is 6.54 Å². The minimum Gasteiger partial charge on any atom is -0.329 e. The second-order valence-electron chi connectivity index (χ2n) is 4.90. The number of thiophene rings is 1. The molecule has 2 rings (SSSR count). The molecule has 0 aliphatic carbocycles. The predicted molar refractivity (Wildman–Crippen MR) is 83.9 cm³/mol.